The van der Waals surface area contributed by atoms with Gasteiger partial charge in [-0.25, -0.2) is 4.98 Å². The molecule has 1 aliphatic heterocycles. The summed E-state index contributed by atoms with van der Waals surface area (Å²) in [5.41, 5.74) is 1.76. The van der Waals surface area contributed by atoms with Gasteiger partial charge in [-0.3, -0.25) is 9.59 Å². The fourth-order valence-electron chi connectivity index (χ4n) is 3.47. The van der Waals surface area contributed by atoms with Crippen molar-refractivity contribution in [3.8, 4) is 11.1 Å². The van der Waals surface area contributed by atoms with Gasteiger partial charge in [-0.05, 0) is 24.3 Å². The maximum absolute atomic E-state index is 12.6. The summed E-state index contributed by atoms with van der Waals surface area (Å²) in [4.78, 5) is 35.1. The zero-order valence-corrected chi connectivity index (χ0v) is 16.7. The molecular formula is C20H21N3O2S2. The van der Waals surface area contributed by atoms with Crippen molar-refractivity contribution < 1.29 is 4.79 Å². The van der Waals surface area contributed by atoms with Gasteiger partial charge in [-0.2, -0.15) is 0 Å². The van der Waals surface area contributed by atoms with Crippen LogP contribution < -0.4 is 5.56 Å². The van der Waals surface area contributed by atoms with Crippen molar-refractivity contribution in [1.82, 2.24) is 14.9 Å². The number of carbonyl (C=O) groups excluding carboxylic acids is 1. The third-order valence-electron chi connectivity index (χ3n) is 4.85. The number of carbonyl (C=O) groups is 1. The fraction of sp³-hybridized carbons (Fsp3) is 0.350. The lowest BCUT2D eigenvalue weighted by Crippen LogP contribution is -2.40. The molecule has 1 atom stereocenters. The highest BCUT2D eigenvalue weighted by Crippen LogP contribution is 2.31. The van der Waals surface area contributed by atoms with Gasteiger partial charge in [0.15, 0.2) is 5.16 Å². The van der Waals surface area contributed by atoms with Crippen LogP contribution in [0, 0.1) is 5.92 Å². The summed E-state index contributed by atoms with van der Waals surface area (Å²) in [6.07, 6.45) is 2.25. The van der Waals surface area contributed by atoms with E-state index in [0.29, 0.717) is 27.0 Å². The highest BCUT2D eigenvalue weighted by molar-refractivity contribution is 7.99. The van der Waals surface area contributed by atoms with E-state index >= 15 is 0 Å². The van der Waals surface area contributed by atoms with Crippen molar-refractivity contribution in [3.63, 3.8) is 0 Å². The molecule has 1 aliphatic rings. The lowest BCUT2D eigenvalue weighted by Gasteiger charge is -2.30. The van der Waals surface area contributed by atoms with Gasteiger partial charge in [0.25, 0.3) is 5.56 Å². The maximum Gasteiger partial charge on any atom is 0.260 e. The number of H-pyrrole nitrogens is 1. The Balaban J connectivity index is 1.52. The van der Waals surface area contributed by atoms with Crippen molar-refractivity contribution in [2.24, 2.45) is 5.92 Å². The van der Waals surface area contributed by atoms with Crippen LogP contribution >= 0.6 is 23.1 Å². The number of aromatic nitrogens is 2. The van der Waals surface area contributed by atoms with E-state index in [4.69, 9.17) is 0 Å². The van der Waals surface area contributed by atoms with Crippen LogP contribution in [0.25, 0.3) is 21.3 Å². The van der Waals surface area contributed by atoms with Gasteiger partial charge in [0.05, 0.1) is 11.1 Å². The van der Waals surface area contributed by atoms with Gasteiger partial charge >= 0.3 is 0 Å². The molecule has 5 nitrogen and oxygen atoms in total. The summed E-state index contributed by atoms with van der Waals surface area (Å²) in [5.74, 6) is 0.980. The van der Waals surface area contributed by atoms with Crippen LogP contribution in [0.15, 0.2) is 45.7 Å². The number of fused-ring (bicyclic) bond motifs is 1. The number of amides is 1. The summed E-state index contributed by atoms with van der Waals surface area (Å²) in [6, 6.07) is 9.84. The first kappa shape index (κ1) is 18.3. The molecule has 2 aromatic heterocycles. The van der Waals surface area contributed by atoms with Gasteiger partial charge in [0.2, 0.25) is 5.91 Å². The number of hydrogen-bond acceptors (Lipinski definition) is 5. The third kappa shape index (κ3) is 3.94. The minimum Gasteiger partial charge on any atom is -0.342 e. The Morgan fingerprint density at radius 2 is 2.19 bits per heavy atom. The van der Waals surface area contributed by atoms with Gasteiger partial charge in [-0.1, -0.05) is 49.0 Å². The Morgan fingerprint density at radius 1 is 1.37 bits per heavy atom. The van der Waals surface area contributed by atoms with Crippen LogP contribution in [-0.2, 0) is 4.79 Å². The van der Waals surface area contributed by atoms with Crippen molar-refractivity contribution in [3.05, 3.63) is 46.1 Å². The number of nitrogens with zero attached hydrogens (tertiary/aromatic N) is 2. The smallest absolute Gasteiger partial charge is 0.260 e. The average Bonchev–Trinajstić information content (AvgIpc) is 3.11. The lowest BCUT2D eigenvalue weighted by atomic mass is 10.0. The fourth-order valence-corrected chi connectivity index (χ4v) is 5.23. The van der Waals surface area contributed by atoms with E-state index in [2.05, 4.69) is 16.9 Å². The lowest BCUT2D eigenvalue weighted by molar-refractivity contribution is -0.130. The molecule has 1 aromatic carbocycles. The van der Waals surface area contributed by atoms with Crippen LogP contribution in [0.1, 0.15) is 19.8 Å². The summed E-state index contributed by atoms with van der Waals surface area (Å²) >= 11 is 2.77. The van der Waals surface area contributed by atoms with E-state index in [-0.39, 0.29) is 11.5 Å². The third-order valence-corrected chi connectivity index (χ3v) is 6.58. The second kappa shape index (κ2) is 7.86. The molecule has 4 rings (SSSR count). The monoisotopic (exact) mass is 399 g/mol. The highest BCUT2D eigenvalue weighted by atomic mass is 32.2. The number of piperidine rings is 1. The average molecular weight is 400 g/mol. The number of hydrogen-bond donors (Lipinski definition) is 1. The molecule has 0 unspecified atom stereocenters. The minimum atomic E-state index is -0.151. The molecule has 140 valence electrons. The predicted octanol–water partition coefficient (Wildman–Crippen LogP) is 4.00. The molecule has 0 aliphatic carbocycles. The van der Waals surface area contributed by atoms with Gasteiger partial charge < -0.3 is 9.88 Å². The largest absolute Gasteiger partial charge is 0.342 e. The molecule has 0 radical (unpaired) electrons. The molecule has 1 N–H and O–H groups in total. The topological polar surface area (TPSA) is 66.1 Å². The number of thiophene rings is 1. The molecule has 0 spiro atoms. The Hall–Kier alpha value is -2.12. The Bertz CT molecular complexity index is 1010. The summed E-state index contributed by atoms with van der Waals surface area (Å²) in [7, 11) is 0. The molecule has 0 bridgehead atoms. The van der Waals surface area contributed by atoms with E-state index in [1.807, 2.05) is 40.6 Å². The number of thioether (sulfide) groups is 1. The van der Waals surface area contributed by atoms with E-state index in [1.54, 1.807) is 0 Å². The van der Waals surface area contributed by atoms with E-state index in [9.17, 15) is 9.59 Å². The molecular weight excluding hydrogens is 378 g/mol. The minimum absolute atomic E-state index is 0.116. The maximum atomic E-state index is 12.6. The Labute approximate surface area is 165 Å². The van der Waals surface area contributed by atoms with Crippen LogP contribution in [-0.4, -0.2) is 39.6 Å². The van der Waals surface area contributed by atoms with Crippen molar-refractivity contribution in [1.29, 1.82) is 0 Å². The van der Waals surface area contributed by atoms with E-state index in [0.717, 1.165) is 30.6 Å². The molecule has 0 saturated carbocycles. The van der Waals surface area contributed by atoms with Crippen LogP contribution in [0.3, 0.4) is 0 Å². The Morgan fingerprint density at radius 3 is 2.96 bits per heavy atom. The van der Waals surface area contributed by atoms with Crippen molar-refractivity contribution in [2.45, 2.75) is 24.9 Å². The molecule has 3 heterocycles. The normalized spacial score (nSPS) is 17.4. The zero-order chi connectivity index (χ0) is 18.8. The first-order valence-electron chi connectivity index (χ1n) is 9.09. The SMILES string of the molecule is C[C@H]1CCCN(C(=O)CSc2nc3scc(-c4ccccc4)c3c(=O)[nH]2)C1. The molecule has 1 saturated heterocycles. The number of rotatable bonds is 4. The van der Waals surface area contributed by atoms with E-state index < -0.39 is 0 Å². The first-order valence-corrected chi connectivity index (χ1v) is 11.0. The second-order valence-corrected chi connectivity index (χ2v) is 8.76. The standard InChI is InChI=1S/C20H21N3O2S2/c1-13-6-5-9-23(10-13)16(24)12-27-20-21-18(25)17-15(11-26-19(17)22-20)14-7-3-2-4-8-14/h2-4,7-8,11,13H,5-6,9-10,12H2,1H3,(H,21,22,25)/t13-/m0/s1. The molecule has 7 heteroatoms. The van der Waals surface area contributed by atoms with Crippen molar-refractivity contribution in [2.75, 3.05) is 18.8 Å². The predicted molar refractivity (Wildman–Crippen MR) is 111 cm³/mol. The van der Waals surface area contributed by atoms with Crippen LogP contribution in [0.5, 0.6) is 0 Å². The second-order valence-electron chi connectivity index (χ2n) is 6.94. The van der Waals surface area contributed by atoms with Crippen LogP contribution in [0.2, 0.25) is 0 Å². The molecule has 1 amide bonds. The Kier molecular flexibility index (Phi) is 5.31. The summed E-state index contributed by atoms with van der Waals surface area (Å²) in [5, 5.41) is 3.09. The van der Waals surface area contributed by atoms with Gasteiger partial charge in [0, 0.05) is 24.0 Å². The summed E-state index contributed by atoms with van der Waals surface area (Å²) in [6.45, 7) is 3.84. The molecule has 27 heavy (non-hydrogen) atoms. The van der Waals surface area contributed by atoms with E-state index in [1.165, 1.54) is 29.5 Å². The first-order chi connectivity index (χ1) is 13.1. The molecule has 1 fully saturated rings. The number of benzene rings is 1. The van der Waals surface area contributed by atoms with Crippen molar-refractivity contribution >= 4 is 39.2 Å². The molecule has 3 aromatic rings. The number of aromatic amines is 1. The number of nitrogens with one attached hydrogen (secondary N) is 1. The summed E-state index contributed by atoms with van der Waals surface area (Å²) < 4.78 is 0. The zero-order valence-electron chi connectivity index (χ0n) is 15.1. The quantitative estimate of drug-likeness (QED) is 0.532. The highest BCUT2D eigenvalue weighted by Gasteiger charge is 2.21. The van der Waals surface area contributed by atoms with Crippen LogP contribution in [0.4, 0.5) is 0 Å². The number of likely N-dealkylation sites (tertiary alicyclic amines) is 1. The van der Waals surface area contributed by atoms with Gasteiger partial charge in [0.1, 0.15) is 4.83 Å². The van der Waals surface area contributed by atoms with Gasteiger partial charge in [-0.15, -0.1) is 11.3 Å².